The summed E-state index contributed by atoms with van der Waals surface area (Å²) < 4.78 is 25.1. The van der Waals surface area contributed by atoms with Crippen LogP contribution in [0.15, 0.2) is 23.2 Å². The largest absolute Gasteiger partial charge is 0.347 e. The van der Waals surface area contributed by atoms with E-state index in [0.717, 1.165) is 36.4 Å². The maximum Gasteiger partial charge on any atom is 0.244 e. The number of anilines is 1. The normalized spacial score (nSPS) is 20.1. The van der Waals surface area contributed by atoms with E-state index in [0.29, 0.717) is 5.82 Å². The molecule has 7 heteroatoms. The molecule has 1 aliphatic rings. The Hall–Kier alpha value is -1.47. The van der Waals surface area contributed by atoms with Gasteiger partial charge in [0.05, 0.1) is 6.04 Å². The van der Waals surface area contributed by atoms with Crippen molar-refractivity contribution in [1.82, 2.24) is 9.29 Å². The molecular weight excluding hydrogens is 278 g/mol. The van der Waals surface area contributed by atoms with Crippen molar-refractivity contribution in [2.24, 2.45) is 0 Å². The molecule has 0 bridgehead atoms. The molecule has 0 N–H and O–H groups in total. The minimum absolute atomic E-state index is 0.158. The van der Waals surface area contributed by atoms with Gasteiger partial charge in [0.25, 0.3) is 0 Å². The lowest BCUT2D eigenvalue weighted by atomic mass is 10.0. The van der Waals surface area contributed by atoms with Crippen molar-refractivity contribution in [3.8, 4) is 0 Å². The van der Waals surface area contributed by atoms with Crippen molar-refractivity contribution in [2.45, 2.75) is 30.2 Å². The summed E-state index contributed by atoms with van der Waals surface area (Å²) in [7, 11) is -0.496. The maximum atomic E-state index is 12.0. The molecule has 0 radical (unpaired) electrons. The molecule has 2 rings (SSSR count). The third kappa shape index (κ3) is 2.83. The van der Waals surface area contributed by atoms with Crippen LogP contribution in [-0.2, 0) is 14.8 Å². The number of hydrogen-bond acceptors (Lipinski definition) is 5. The summed E-state index contributed by atoms with van der Waals surface area (Å²) >= 11 is 0. The molecule has 20 heavy (non-hydrogen) atoms. The van der Waals surface area contributed by atoms with Gasteiger partial charge >= 0.3 is 0 Å². The highest BCUT2D eigenvalue weighted by Crippen LogP contribution is 2.23. The minimum atomic E-state index is -3.46. The van der Waals surface area contributed by atoms with Crippen LogP contribution in [0.5, 0.6) is 0 Å². The molecule has 6 nitrogen and oxygen atoms in total. The Kier molecular flexibility index (Phi) is 4.39. The molecule has 0 aromatic carbocycles. The summed E-state index contributed by atoms with van der Waals surface area (Å²) in [5, 5.41) is 0. The number of carbonyl (C=O) groups excluding carboxylic acids is 1. The first kappa shape index (κ1) is 14.9. The van der Waals surface area contributed by atoms with Crippen LogP contribution in [0.2, 0.25) is 0 Å². The number of carbonyl (C=O) groups is 1. The standard InChI is InChI=1S/C13H19N3O3S/c1-15(2)20(18,19)12-6-7-13(14-9-12)16-8-4-3-5-11(16)10-17/h6-7,9-11H,3-5,8H2,1-2H3. The first-order valence-corrected chi connectivity index (χ1v) is 8.01. The number of nitrogens with zero attached hydrogens (tertiary/aromatic N) is 3. The third-order valence-corrected chi connectivity index (χ3v) is 5.30. The molecule has 0 saturated carbocycles. The molecule has 1 aromatic heterocycles. The Morgan fingerprint density at radius 1 is 1.35 bits per heavy atom. The van der Waals surface area contributed by atoms with Crippen LogP contribution in [0.3, 0.4) is 0 Å². The quantitative estimate of drug-likeness (QED) is 0.772. The average molecular weight is 297 g/mol. The third-order valence-electron chi connectivity index (χ3n) is 3.50. The summed E-state index contributed by atoms with van der Waals surface area (Å²) in [6.07, 6.45) is 5.16. The molecule has 1 unspecified atom stereocenters. The van der Waals surface area contributed by atoms with Gasteiger partial charge in [0.2, 0.25) is 10.0 Å². The molecule has 0 aliphatic carbocycles. The lowest BCUT2D eigenvalue weighted by Gasteiger charge is -2.33. The van der Waals surface area contributed by atoms with Crippen molar-refractivity contribution in [2.75, 3.05) is 25.5 Å². The predicted molar refractivity (Wildman–Crippen MR) is 76.2 cm³/mol. The number of aldehydes is 1. The van der Waals surface area contributed by atoms with Crippen LogP contribution in [0.25, 0.3) is 0 Å². The second-order valence-electron chi connectivity index (χ2n) is 5.03. The summed E-state index contributed by atoms with van der Waals surface area (Å²) in [5.74, 6) is 0.652. The number of piperidine rings is 1. The van der Waals surface area contributed by atoms with Crippen molar-refractivity contribution in [3.63, 3.8) is 0 Å². The second kappa shape index (κ2) is 5.88. The zero-order valence-corrected chi connectivity index (χ0v) is 12.5. The monoisotopic (exact) mass is 297 g/mol. The van der Waals surface area contributed by atoms with Crippen molar-refractivity contribution < 1.29 is 13.2 Å². The number of aromatic nitrogens is 1. The summed E-state index contributed by atoms with van der Waals surface area (Å²) in [5.41, 5.74) is 0. The van der Waals surface area contributed by atoms with E-state index < -0.39 is 10.0 Å². The smallest absolute Gasteiger partial charge is 0.244 e. The molecule has 1 atom stereocenters. The Balaban J connectivity index is 2.26. The van der Waals surface area contributed by atoms with E-state index in [1.165, 1.54) is 26.4 Å². The minimum Gasteiger partial charge on any atom is -0.347 e. The summed E-state index contributed by atoms with van der Waals surface area (Å²) in [6.45, 7) is 0.774. The van der Waals surface area contributed by atoms with Gasteiger partial charge in [-0.15, -0.1) is 0 Å². The van der Waals surface area contributed by atoms with Crippen molar-refractivity contribution in [1.29, 1.82) is 0 Å². The zero-order chi connectivity index (χ0) is 14.8. The van der Waals surface area contributed by atoms with Gasteiger partial charge in [0.1, 0.15) is 17.0 Å². The fourth-order valence-corrected chi connectivity index (χ4v) is 3.14. The Labute approximate surface area is 119 Å². The van der Waals surface area contributed by atoms with E-state index in [1.54, 1.807) is 6.07 Å². The highest BCUT2D eigenvalue weighted by atomic mass is 32.2. The van der Waals surface area contributed by atoms with Gasteiger partial charge in [0.15, 0.2) is 0 Å². The molecule has 1 fully saturated rings. The molecule has 0 amide bonds. The molecular formula is C13H19N3O3S. The highest BCUT2D eigenvalue weighted by Gasteiger charge is 2.24. The number of hydrogen-bond donors (Lipinski definition) is 0. The SMILES string of the molecule is CN(C)S(=O)(=O)c1ccc(N2CCCCC2C=O)nc1. The average Bonchev–Trinajstić information content (AvgIpc) is 2.47. The highest BCUT2D eigenvalue weighted by molar-refractivity contribution is 7.89. The number of pyridine rings is 1. The van der Waals surface area contributed by atoms with E-state index in [1.807, 2.05) is 4.90 Å². The molecule has 110 valence electrons. The lowest BCUT2D eigenvalue weighted by Crippen LogP contribution is -2.41. The first-order chi connectivity index (χ1) is 9.46. The van der Waals surface area contributed by atoms with Gasteiger partial charge < -0.3 is 9.69 Å². The predicted octanol–water partition coefficient (Wildman–Crippen LogP) is 0.890. The first-order valence-electron chi connectivity index (χ1n) is 6.57. The van der Waals surface area contributed by atoms with Crippen LogP contribution in [0.4, 0.5) is 5.82 Å². The Bertz CT molecular complexity index is 569. The maximum absolute atomic E-state index is 12.0. The van der Waals surface area contributed by atoms with Crippen LogP contribution < -0.4 is 4.90 Å². The van der Waals surface area contributed by atoms with Gasteiger partial charge in [-0.2, -0.15) is 0 Å². The van der Waals surface area contributed by atoms with Crippen molar-refractivity contribution >= 4 is 22.1 Å². The van der Waals surface area contributed by atoms with Crippen LogP contribution >= 0.6 is 0 Å². The Morgan fingerprint density at radius 2 is 2.10 bits per heavy atom. The fraction of sp³-hybridized carbons (Fsp3) is 0.538. The zero-order valence-electron chi connectivity index (χ0n) is 11.7. The molecule has 0 spiro atoms. The van der Waals surface area contributed by atoms with Crippen LogP contribution in [-0.4, -0.2) is 50.7 Å². The molecule has 1 saturated heterocycles. The fourth-order valence-electron chi connectivity index (χ4n) is 2.29. The van der Waals surface area contributed by atoms with Gasteiger partial charge in [-0.1, -0.05) is 0 Å². The van der Waals surface area contributed by atoms with E-state index in [2.05, 4.69) is 4.98 Å². The van der Waals surface area contributed by atoms with Gasteiger partial charge in [-0.05, 0) is 31.4 Å². The van der Waals surface area contributed by atoms with Gasteiger partial charge in [0, 0.05) is 26.8 Å². The topological polar surface area (TPSA) is 70.6 Å². The van der Waals surface area contributed by atoms with E-state index >= 15 is 0 Å². The second-order valence-corrected chi connectivity index (χ2v) is 7.18. The van der Waals surface area contributed by atoms with Gasteiger partial charge in [-0.25, -0.2) is 17.7 Å². The molecule has 1 aliphatic heterocycles. The summed E-state index contributed by atoms with van der Waals surface area (Å²) in [4.78, 5) is 17.4. The van der Waals surface area contributed by atoms with Crippen molar-refractivity contribution in [3.05, 3.63) is 18.3 Å². The number of sulfonamides is 1. The van der Waals surface area contributed by atoms with Crippen LogP contribution in [0, 0.1) is 0 Å². The molecule has 1 aromatic rings. The van der Waals surface area contributed by atoms with Gasteiger partial charge in [-0.3, -0.25) is 0 Å². The Morgan fingerprint density at radius 3 is 2.65 bits per heavy atom. The molecule has 2 heterocycles. The van der Waals surface area contributed by atoms with E-state index in [9.17, 15) is 13.2 Å². The summed E-state index contributed by atoms with van der Waals surface area (Å²) in [6, 6.07) is 3.04. The number of rotatable bonds is 4. The lowest BCUT2D eigenvalue weighted by molar-refractivity contribution is -0.109. The van der Waals surface area contributed by atoms with E-state index in [4.69, 9.17) is 0 Å². The van der Waals surface area contributed by atoms with E-state index in [-0.39, 0.29) is 10.9 Å². The van der Waals surface area contributed by atoms with Crippen LogP contribution in [0.1, 0.15) is 19.3 Å².